The average Bonchev–Trinajstić information content (AvgIpc) is 2.41. The van der Waals surface area contributed by atoms with Gasteiger partial charge in [-0.05, 0) is 30.8 Å². The van der Waals surface area contributed by atoms with Crippen LogP contribution in [-0.4, -0.2) is 22.9 Å². The second kappa shape index (κ2) is 14.0. The number of halogens is 2. The molecule has 0 aromatic carbocycles. The second-order valence-electron chi connectivity index (χ2n) is 3.28. The molecule has 0 fully saturated rings. The van der Waals surface area contributed by atoms with Crippen molar-refractivity contribution in [3.63, 3.8) is 0 Å². The summed E-state index contributed by atoms with van der Waals surface area (Å²) in [5, 5.41) is 7.58. The normalized spacial score (nSPS) is 9.84. The number of pyridine rings is 1. The zero-order chi connectivity index (χ0) is 14.3. The predicted molar refractivity (Wildman–Crippen MR) is 82.2 cm³/mol. The van der Waals surface area contributed by atoms with Crippen LogP contribution in [0.25, 0.3) is 0 Å². The Kier molecular flexibility index (Phi) is 13.7. The summed E-state index contributed by atoms with van der Waals surface area (Å²) in [7, 11) is 9.34. The van der Waals surface area contributed by atoms with E-state index in [-0.39, 0.29) is 0 Å². The third kappa shape index (κ3) is 12.4. The van der Waals surface area contributed by atoms with Crippen molar-refractivity contribution in [1.82, 2.24) is 15.7 Å². The summed E-state index contributed by atoms with van der Waals surface area (Å²) >= 11 is 5.78. The third-order valence-corrected chi connectivity index (χ3v) is 2.10. The van der Waals surface area contributed by atoms with Gasteiger partial charge in [-0.1, -0.05) is 19.4 Å². The number of hydrogen-bond donors (Lipinski definition) is 2. The third-order valence-electron chi connectivity index (χ3n) is 1.87. The maximum atomic E-state index is 5.03. The van der Waals surface area contributed by atoms with Crippen LogP contribution in [0.4, 0.5) is 0 Å². The molecule has 0 saturated carbocycles. The van der Waals surface area contributed by atoms with Crippen molar-refractivity contribution in [1.29, 1.82) is 0 Å². The summed E-state index contributed by atoms with van der Waals surface area (Å²) in [6.07, 6.45) is 5.60. The molecule has 0 amide bonds. The fraction of sp³-hybridized carbons (Fsp3) is 0.364. The molecule has 1 rings (SSSR count). The maximum absolute atomic E-state index is 5.03. The Morgan fingerprint density at radius 3 is 2.84 bits per heavy atom. The van der Waals surface area contributed by atoms with Gasteiger partial charge in [-0.3, -0.25) is 10.4 Å². The molecule has 111 valence electrons. The van der Waals surface area contributed by atoms with Gasteiger partial charge in [0, 0.05) is 12.7 Å². The standard InChI is InChI=1S/C11H16N4S.2ClH.Cu/c1-2-3-7-13-11(16)15-14-9-10-6-4-5-8-12-10;;;/h4-6,8-9H,2-3,7H2,1H3,(H2,13,15,16);2*1H;/q;;;+2/p-2/b14-9+;;;. The number of hydrazone groups is 1. The summed E-state index contributed by atoms with van der Waals surface area (Å²) in [5.41, 5.74) is 3.54. The van der Waals surface area contributed by atoms with Crippen LogP contribution in [-0.2, 0) is 13.1 Å². The second-order valence-corrected chi connectivity index (χ2v) is 5.24. The van der Waals surface area contributed by atoms with Gasteiger partial charge >= 0.3 is 33.3 Å². The Hall–Kier alpha value is -0.391. The van der Waals surface area contributed by atoms with E-state index in [1.807, 2.05) is 18.2 Å². The fourth-order valence-corrected chi connectivity index (χ4v) is 1.18. The van der Waals surface area contributed by atoms with Crippen LogP contribution >= 0.6 is 32.4 Å². The Balaban J connectivity index is 0.000000982. The van der Waals surface area contributed by atoms with Gasteiger partial charge in [-0.25, -0.2) is 0 Å². The van der Waals surface area contributed by atoms with E-state index in [0.29, 0.717) is 5.11 Å². The minimum absolute atomic E-state index is 0.542. The quantitative estimate of drug-likeness (QED) is 0.275. The first-order valence-corrected chi connectivity index (χ1v) is 8.53. The van der Waals surface area contributed by atoms with Gasteiger partial charge in [-0.2, -0.15) is 5.10 Å². The molecule has 1 heterocycles. The SMILES string of the molecule is CCCCNC(=S)N/N=C/c1ccccn1.[Cl][Cu][Cl]. The Morgan fingerprint density at radius 1 is 1.53 bits per heavy atom. The molecular formula is C11H16Cl2CuN4S. The number of thiocarbonyl (C=S) groups is 1. The zero-order valence-electron chi connectivity index (χ0n) is 10.4. The van der Waals surface area contributed by atoms with E-state index < -0.39 is 0 Å². The summed E-state index contributed by atoms with van der Waals surface area (Å²) in [5.74, 6) is 0. The van der Waals surface area contributed by atoms with E-state index in [2.05, 4.69) is 47.9 Å². The van der Waals surface area contributed by atoms with Gasteiger partial charge in [0.05, 0.1) is 11.9 Å². The molecule has 0 radical (unpaired) electrons. The molecule has 8 heteroatoms. The molecule has 0 aliphatic rings. The fourth-order valence-electron chi connectivity index (χ4n) is 1.03. The van der Waals surface area contributed by atoms with Gasteiger partial charge in [-0.15, -0.1) is 0 Å². The predicted octanol–water partition coefficient (Wildman–Crippen LogP) is 3.06. The summed E-state index contributed by atoms with van der Waals surface area (Å²) in [6, 6.07) is 5.65. The van der Waals surface area contributed by atoms with E-state index in [9.17, 15) is 0 Å². The van der Waals surface area contributed by atoms with Gasteiger partial charge in [0.15, 0.2) is 5.11 Å². The average molecular weight is 371 g/mol. The first kappa shape index (κ1) is 18.6. The Morgan fingerprint density at radius 2 is 2.26 bits per heavy atom. The molecule has 0 aliphatic heterocycles. The summed E-state index contributed by atoms with van der Waals surface area (Å²) < 4.78 is 0. The van der Waals surface area contributed by atoms with Crippen LogP contribution in [0.3, 0.4) is 0 Å². The van der Waals surface area contributed by atoms with Crippen LogP contribution < -0.4 is 10.7 Å². The molecule has 0 saturated heterocycles. The molecule has 0 unspecified atom stereocenters. The Bertz CT molecular complexity index is 365. The van der Waals surface area contributed by atoms with Crippen molar-refractivity contribution < 1.29 is 13.1 Å². The molecule has 0 bridgehead atoms. The first-order valence-electron chi connectivity index (χ1n) is 5.53. The molecule has 19 heavy (non-hydrogen) atoms. The number of nitrogens with one attached hydrogen (secondary N) is 2. The molecule has 2 N–H and O–H groups in total. The molecule has 0 atom stereocenters. The van der Waals surface area contributed by atoms with E-state index >= 15 is 0 Å². The van der Waals surface area contributed by atoms with Crippen LogP contribution in [0.5, 0.6) is 0 Å². The Labute approximate surface area is 134 Å². The van der Waals surface area contributed by atoms with Crippen molar-refractivity contribution >= 4 is 43.7 Å². The van der Waals surface area contributed by atoms with Crippen molar-refractivity contribution in [2.75, 3.05) is 6.54 Å². The minimum atomic E-state index is 0.542. The van der Waals surface area contributed by atoms with E-state index in [0.717, 1.165) is 38.2 Å². The van der Waals surface area contributed by atoms with Gasteiger partial charge in [0.1, 0.15) is 0 Å². The topological polar surface area (TPSA) is 49.3 Å². The molecular weight excluding hydrogens is 355 g/mol. The number of rotatable bonds is 5. The van der Waals surface area contributed by atoms with Crippen LogP contribution in [0.1, 0.15) is 25.5 Å². The first-order chi connectivity index (χ1) is 9.24. The van der Waals surface area contributed by atoms with Gasteiger partial charge in [0.25, 0.3) is 0 Å². The monoisotopic (exact) mass is 369 g/mol. The van der Waals surface area contributed by atoms with Gasteiger partial charge < -0.3 is 5.32 Å². The van der Waals surface area contributed by atoms with Crippen LogP contribution in [0.2, 0.25) is 0 Å². The van der Waals surface area contributed by atoms with Crippen molar-refractivity contribution in [3.05, 3.63) is 30.1 Å². The molecule has 0 aliphatic carbocycles. The zero-order valence-corrected chi connectivity index (χ0v) is 13.6. The summed E-state index contributed by atoms with van der Waals surface area (Å²) in [4.78, 5) is 4.10. The number of aromatic nitrogens is 1. The van der Waals surface area contributed by atoms with Crippen LogP contribution in [0, 0.1) is 0 Å². The number of hydrogen-bond acceptors (Lipinski definition) is 3. The van der Waals surface area contributed by atoms with E-state index in [4.69, 9.17) is 12.2 Å². The van der Waals surface area contributed by atoms with Gasteiger partial charge in [0.2, 0.25) is 0 Å². The number of unbranched alkanes of at least 4 members (excludes halogenated alkanes) is 1. The molecule has 1 aromatic heterocycles. The molecule has 0 spiro atoms. The van der Waals surface area contributed by atoms with Crippen molar-refractivity contribution in [2.24, 2.45) is 5.10 Å². The summed E-state index contributed by atoms with van der Waals surface area (Å²) in [6.45, 7) is 3.01. The molecule has 4 nitrogen and oxygen atoms in total. The molecule has 1 aromatic rings. The van der Waals surface area contributed by atoms with Crippen molar-refractivity contribution in [3.8, 4) is 0 Å². The van der Waals surface area contributed by atoms with Crippen molar-refractivity contribution in [2.45, 2.75) is 19.8 Å². The van der Waals surface area contributed by atoms with E-state index in [1.54, 1.807) is 12.4 Å². The van der Waals surface area contributed by atoms with Crippen LogP contribution in [0.15, 0.2) is 29.5 Å². The number of nitrogens with zero attached hydrogens (tertiary/aromatic N) is 2. The van der Waals surface area contributed by atoms with E-state index in [1.165, 1.54) is 0 Å².